The second kappa shape index (κ2) is 4.90. The summed E-state index contributed by atoms with van der Waals surface area (Å²) >= 11 is 0. The normalized spacial score (nSPS) is 11.0. The van der Waals surface area contributed by atoms with Crippen LogP contribution in [0.1, 0.15) is 0 Å². The molecule has 0 aliphatic carbocycles. The maximum atomic E-state index is 11.1. The van der Waals surface area contributed by atoms with Crippen molar-refractivity contribution in [1.29, 1.82) is 0 Å². The number of sulfonamides is 1. The van der Waals surface area contributed by atoms with Gasteiger partial charge in [0.25, 0.3) is 0 Å². The van der Waals surface area contributed by atoms with Crippen LogP contribution in [-0.2, 0) is 14.8 Å². The van der Waals surface area contributed by atoms with Gasteiger partial charge in [-0.25, -0.2) is 13.1 Å². The number of hydrogen-bond acceptors (Lipinski definition) is 4. The first kappa shape index (κ1) is 11.7. The van der Waals surface area contributed by atoms with Gasteiger partial charge < -0.3 is 4.74 Å². The molecule has 0 unspecified atom stereocenters. The minimum Gasteiger partial charge on any atom is -0.426 e. The van der Waals surface area contributed by atoms with Crippen LogP contribution in [0.4, 0.5) is 0 Å². The Morgan fingerprint density at radius 2 is 1.93 bits per heavy atom. The van der Waals surface area contributed by atoms with Crippen LogP contribution >= 0.6 is 0 Å². The summed E-state index contributed by atoms with van der Waals surface area (Å²) in [6, 6.07) is 8.29. The van der Waals surface area contributed by atoms with Gasteiger partial charge in [0, 0.05) is 0 Å². The largest absolute Gasteiger partial charge is 0.426 e. The molecule has 0 radical (unpaired) electrons. The molecule has 1 N–H and O–H groups in total. The summed E-state index contributed by atoms with van der Waals surface area (Å²) in [7, 11) is -2.32. The fourth-order valence-electron chi connectivity index (χ4n) is 0.877. The molecule has 0 aromatic heterocycles. The van der Waals surface area contributed by atoms with Crippen LogP contribution in [0.25, 0.3) is 0 Å². The Bertz CT molecular complexity index is 427. The van der Waals surface area contributed by atoms with Gasteiger partial charge in [-0.2, -0.15) is 0 Å². The smallest absolute Gasteiger partial charge is 0.327 e. The topological polar surface area (TPSA) is 72.5 Å². The molecule has 6 heteroatoms. The van der Waals surface area contributed by atoms with E-state index in [0.29, 0.717) is 5.75 Å². The van der Waals surface area contributed by atoms with Crippen molar-refractivity contribution < 1.29 is 17.9 Å². The monoisotopic (exact) mass is 229 g/mol. The fraction of sp³-hybridized carbons (Fsp3) is 0.222. The lowest BCUT2D eigenvalue weighted by atomic mass is 10.3. The Morgan fingerprint density at radius 3 is 2.47 bits per heavy atom. The van der Waals surface area contributed by atoms with Crippen LogP contribution in [-0.4, -0.2) is 27.2 Å². The Kier molecular flexibility index (Phi) is 3.81. The molecule has 0 fully saturated rings. The molecule has 0 aliphatic heterocycles. The summed E-state index contributed by atoms with van der Waals surface area (Å²) in [5.74, 6) is -1.16. The Balaban J connectivity index is 2.58. The van der Waals surface area contributed by atoms with Gasteiger partial charge in [-0.05, 0) is 19.2 Å². The number of esters is 1. The second-order valence-electron chi connectivity index (χ2n) is 2.75. The van der Waals surface area contributed by atoms with Gasteiger partial charge in [-0.1, -0.05) is 18.2 Å². The van der Waals surface area contributed by atoms with Crippen molar-refractivity contribution in [2.24, 2.45) is 0 Å². The van der Waals surface area contributed by atoms with Gasteiger partial charge in [0.1, 0.15) is 5.75 Å². The van der Waals surface area contributed by atoms with E-state index in [-0.39, 0.29) is 0 Å². The van der Waals surface area contributed by atoms with Crippen molar-refractivity contribution in [3.05, 3.63) is 30.3 Å². The number of rotatable bonds is 4. The van der Waals surface area contributed by atoms with Crippen LogP contribution in [0.3, 0.4) is 0 Å². The van der Waals surface area contributed by atoms with Gasteiger partial charge in [-0.15, -0.1) is 0 Å². The molecule has 0 saturated heterocycles. The minimum absolute atomic E-state index is 0.328. The summed E-state index contributed by atoms with van der Waals surface area (Å²) < 4.78 is 28.8. The summed E-state index contributed by atoms with van der Waals surface area (Å²) in [4.78, 5) is 11.1. The lowest BCUT2D eigenvalue weighted by molar-refractivity contribution is -0.131. The number of para-hydroxylation sites is 1. The molecule has 0 spiro atoms. The van der Waals surface area contributed by atoms with Gasteiger partial charge in [0.2, 0.25) is 10.0 Å². The summed E-state index contributed by atoms with van der Waals surface area (Å²) in [5, 5.41) is 0. The molecule has 1 aromatic rings. The zero-order valence-corrected chi connectivity index (χ0v) is 8.95. The summed E-state index contributed by atoms with van der Waals surface area (Å²) in [5.41, 5.74) is 0. The number of benzene rings is 1. The van der Waals surface area contributed by atoms with E-state index in [1.807, 2.05) is 4.72 Å². The number of nitrogens with one attached hydrogen (secondary N) is 1. The van der Waals surface area contributed by atoms with Crippen molar-refractivity contribution in [3.8, 4) is 5.75 Å². The molecule has 5 nitrogen and oxygen atoms in total. The third-order valence-corrected chi connectivity index (χ3v) is 2.83. The van der Waals surface area contributed by atoms with E-state index in [0.717, 1.165) is 0 Å². The molecular formula is C9H11NO4S. The number of carbonyl (C=O) groups excluding carboxylic acids is 1. The second-order valence-corrected chi connectivity index (χ2v) is 4.68. The van der Waals surface area contributed by atoms with Crippen LogP contribution in [0.2, 0.25) is 0 Å². The maximum Gasteiger partial charge on any atom is 0.327 e. The number of hydrogen-bond donors (Lipinski definition) is 1. The van der Waals surface area contributed by atoms with Gasteiger partial charge in [0.15, 0.2) is 5.75 Å². The van der Waals surface area contributed by atoms with Crippen molar-refractivity contribution in [1.82, 2.24) is 4.72 Å². The zero-order valence-electron chi connectivity index (χ0n) is 8.14. The molecule has 0 amide bonds. The van der Waals surface area contributed by atoms with E-state index in [9.17, 15) is 13.2 Å². The molecule has 15 heavy (non-hydrogen) atoms. The molecule has 0 bridgehead atoms. The summed E-state index contributed by atoms with van der Waals surface area (Å²) in [6.07, 6.45) is 0. The predicted molar refractivity (Wildman–Crippen MR) is 54.9 cm³/mol. The van der Waals surface area contributed by atoms with Crippen molar-refractivity contribution in [2.45, 2.75) is 0 Å². The lowest BCUT2D eigenvalue weighted by Crippen LogP contribution is -2.29. The molecule has 0 saturated carbocycles. The van der Waals surface area contributed by atoms with Crippen molar-refractivity contribution >= 4 is 16.0 Å². The van der Waals surface area contributed by atoms with Crippen LogP contribution in [0.5, 0.6) is 5.75 Å². The number of ether oxygens (including phenoxy) is 1. The molecule has 0 atom stereocenters. The van der Waals surface area contributed by atoms with Crippen molar-refractivity contribution in [2.75, 3.05) is 12.8 Å². The molecule has 1 rings (SSSR count). The third kappa shape index (κ3) is 4.09. The first-order chi connectivity index (χ1) is 7.03. The average molecular weight is 229 g/mol. The molecule has 0 heterocycles. The maximum absolute atomic E-state index is 11.1. The highest BCUT2D eigenvalue weighted by atomic mass is 32.2. The Morgan fingerprint density at radius 1 is 1.33 bits per heavy atom. The van der Waals surface area contributed by atoms with Crippen LogP contribution in [0.15, 0.2) is 30.3 Å². The molecule has 1 aromatic carbocycles. The van der Waals surface area contributed by atoms with E-state index in [2.05, 4.69) is 0 Å². The van der Waals surface area contributed by atoms with E-state index in [4.69, 9.17) is 4.74 Å². The first-order valence-corrected chi connectivity index (χ1v) is 5.86. The standard InChI is InChI=1S/C9H11NO4S/c1-10-15(12,13)7-9(11)14-8-5-3-2-4-6-8/h2-6,10H,7H2,1H3. The highest BCUT2D eigenvalue weighted by Gasteiger charge is 2.15. The Labute approximate surface area is 88.1 Å². The van der Waals surface area contributed by atoms with Gasteiger partial charge in [-0.3, -0.25) is 4.79 Å². The first-order valence-electron chi connectivity index (χ1n) is 4.20. The van der Waals surface area contributed by atoms with Gasteiger partial charge in [0.05, 0.1) is 0 Å². The predicted octanol–water partition coefficient (Wildman–Crippen LogP) is 0.141. The molecular weight excluding hydrogens is 218 g/mol. The molecule has 82 valence electrons. The highest BCUT2D eigenvalue weighted by molar-refractivity contribution is 7.90. The van der Waals surface area contributed by atoms with Crippen LogP contribution in [0, 0.1) is 0 Å². The lowest BCUT2D eigenvalue weighted by Gasteiger charge is -2.03. The van der Waals surface area contributed by atoms with E-state index in [1.54, 1.807) is 30.3 Å². The zero-order chi connectivity index (χ0) is 11.3. The van der Waals surface area contributed by atoms with Crippen molar-refractivity contribution in [3.63, 3.8) is 0 Å². The van der Waals surface area contributed by atoms with E-state index >= 15 is 0 Å². The minimum atomic E-state index is -3.56. The van der Waals surface area contributed by atoms with E-state index < -0.39 is 21.7 Å². The fourth-order valence-corrected chi connectivity index (χ4v) is 1.39. The van der Waals surface area contributed by atoms with E-state index in [1.165, 1.54) is 7.05 Å². The number of carbonyl (C=O) groups is 1. The summed E-state index contributed by atoms with van der Waals surface area (Å²) in [6.45, 7) is 0. The third-order valence-electron chi connectivity index (χ3n) is 1.59. The van der Waals surface area contributed by atoms with Crippen LogP contribution < -0.4 is 9.46 Å². The van der Waals surface area contributed by atoms with Gasteiger partial charge >= 0.3 is 5.97 Å². The Hall–Kier alpha value is -1.40. The average Bonchev–Trinajstić information content (AvgIpc) is 2.18. The molecule has 0 aliphatic rings. The SMILES string of the molecule is CNS(=O)(=O)CC(=O)Oc1ccccc1. The highest BCUT2D eigenvalue weighted by Crippen LogP contribution is 2.08. The quantitative estimate of drug-likeness (QED) is 0.589.